The molecule has 1 unspecified atom stereocenters. The molecule has 0 fully saturated rings. The molecule has 4 nitrogen and oxygen atoms in total. The lowest BCUT2D eigenvalue weighted by Gasteiger charge is -2.14. The van der Waals surface area contributed by atoms with Crippen molar-refractivity contribution in [3.05, 3.63) is 108 Å². The fourth-order valence-corrected chi connectivity index (χ4v) is 3.49. The van der Waals surface area contributed by atoms with Crippen molar-refractivity contribution in [2.75, 3.05) is 7.11 Å². The van der Waals surface area contributed by atoms with E-state index in [0.29, 0.717) is 6.42 Å². The van der Waals surface area contributed by atoms with E-state index in [-0.39, 0.29) is 5.97 Å². The Bertz CT molecular complexity index is 1090. The summed E-state index contributed by atoms with van der Waals surface area (Å²) >= 11 is 0. The van der Waals surface area contributed by atoms with Gasteiger partial charge in [-0.05, 0) is 11.6 Å². The van der Waals surface area contributed by atoms with Crippen LogP contribution in [0.2, 0.25) is 0 Å². The number of H-pyrrole nitrogens is 1. The van der Waals surface area contributed by atoms with Crippen LogP contribution in [0.1, 0.15) is 16.7 Å². The molecule has 3 aromatic carbocycles. The van der Waals surface area contributed by atoms with E-state index in [1.807, 2.05) is 85.1 Å². The summed E-state index contributed by atoms with van der Waals surface area (Å²) < 4.78 is 5.09. The number of nitrogens with one attached hydrogen (secondary N) is 1. The standard InChI is InChI=1S/C25H22N2O2/c1-29-25(28)23(16-20-17-26-22-15-9-8-14-21(20)22)27-24(18-10-4-2-5-11-18)19-12-6-3-7-13-19/h2-15,17,23,26H,16H2,1H3. The van der Waals surface area contributed by atoms with Gasteiger partial charge in [0.15, 0.2) is 6.04 Å². The van der Waals surface area contributed by atoms with Gasteiger partial charge in [-0.3, -0.25) is 4.99 Å². The van der Waals surface area contributed by atoms with Crippen molar-refractivity contribution in [2.45, 2.75) is 12.5 Å². The fourth-order valence-electron chi connectivity index (χ4n) is 3.49. The molecule has 4 aromatic rings. The first-order valence-electron chi connectivity index (χ1n) is 9.57. The van der Waals surface area contributed by atoms with Gasteiger partial charge < -0.3 is 9.72 Å². The van der Waals surface area contributed by atoms with Gasteiger partial charge >= 0.3 is 5.97 Å². The molecule has 0 aliphatic carbocycles. The van der Waals surface area contributed by atoms with Gasteiger partial charge in [0, 0.05) is 34.6 Å². The molecular weight excluding hydrogens is 360 g/mol. The number of nitrogens with zero attached hydrogens (tertiary/aromatic N) is 1. The van der Waals surface area contributed by atoms with Crippen LogP contribution in [0, 0.1) is 0 Å². The molecule has 0 bridgehead atoms. The number of hydrogen-bond acceptors (Lipinski definition) is 3. The Labute approximate surface area is 169 Å². The summed E-state index contributed by atoms with van der Waals surface area (Å²) in [7, 11) is 1.41. The number of para-hydroxylation sites is 1. The molecule has 0 aliphatic heterocycles. The second-order valence-corrected chi connectivity index (χ2v) is 6.81. The summed E-state index contributed by atoms with van der Waals surface area (Å²) in [5.74, 6) is -0.348. The number of benzene rings is 3. The molecule has 0 aliphatic rings. The number of carbonyl (C=O) groups excluding carboxylic acids is 1. The Hall–Kier alpha value is -3.66. The van der Waals surface area contributed by atoms with E-state index in [4.69, 9.17) is 9.73 Å². The molecule has 144 valence electrons. The molecular formula is C25H22N2O2. The normalized spacial score (nSPS) is 11.8. The zero-order chi connectivity index (χ0) is 20.1. The molecule has 4 rings (SSSR count). The maximum Gasteiger partial charge on any atom is 0.330 e. The van der Waals surface area contributed by atoms with E-state index in [1.54, 1.807) is 0 Å². The van der Waals surface area contributed by atoms with Crippen molar-refractivity contribution in [3.8, 4) is 0 Å². The van der Waals surface area contributed by atoms with E-state index in [1.165, 1.54) is 7.11 Å². The topological polar surface area (TPSA) is 54.5 Å². The Kier molecular flexibility index (Phi) is 5.52. The van der Waals surface area contributed by atoms with Gasteiger partial charge in [0.1, 0.15) is 0 Å². The van der Waals surface area contributed by atoms with E-state index in [9.17, 15) is 4.79 Å². The maximum atomic E-state index is 12.6. The lowest BCUT2D eigenvalue weighted by atomic mass is 10.0. The number of methoxy groups -OCH3 is 1. The lowest BCUT2D eigenvalue weighted by molar-refractivity contribution is -0.142. The van der Waals surface area contributed by atoms with Crippen molar-refractivity contribution in [1.82, 2.24) is 4.98 Å². The third kappa shape index (κ3) is 4.11. The smallest absolute Gasteiger partial charge is 0.330 e. The van der Waals surface area contributed by atoms with E-state index in [0.717, 1.165) is 33.3 Å². The van der Waals surface area contributed by atoms with Gasteiger partial charge in [-0.2, -0.15) is 0 Å². The number of aromatic nitrogens is 1. The number of esters is 1. The highest BCUT2D eigenvalue weighted by molar-refractivity contribution is 6.13. The molecule has 29 heavy (non-hydrogen) atoms. The van der Waals surface area contributed by atoms with E-state index < -0.39 is 6.04 Å². The van der Waals surface area contributed by atoms with Gasteiger partial charge in [-0.25, -0.2) is 4.79 Å². The van der Waals surface area contributed by atoms with Crippen molar-refractivity contribution < 1.29 is 9.53 Å². The molecule has 0 amide bonds. The Morgan fingerprint density at radius 3 is 2.10 bits per heavy atom. The molecule has 0 radical (unpaired) electrons. The van der Waals surface area contributed by atoms with Crippen molar-refractivity contribution in [1.29, 1.82) is 0 Å². The van der Waals surface area contributed by atoms with Crippen LogP contribution in [-0.2, 0) is 16.0 Å². The SMILES string of the molecule is COC(=O)C(Cc1c[nH]c2ccccc12)N=C(c1ccccc1)c1ccccc1. The maximum absolute atomic E-state index is 12.6. The molecule has 1 heterocycles. The molecule has 0 spiro atoms. The van der Waals surface area contributed by atoms with Crippen LogP contribution < -0.4 is 0 Å². The predicted octanol–water partition coefficient (Wildman–Crippen LogP) is 4.79. The van der Waals surface area contributed by atoms with Crippen molar-refractivity contribution >= 4 is 22.6 Å². The Balaban J connectivity index is 1.78. The zero-order valence-corrected chi connectivity index (χ0v) is 16.2. The lowest BCUT2D eigenvalue weighted by Crippen LogP contribution is -2.25. The third-order valence-corrected chi connectivity index (χ3v) is 4.94. The summed E-state index contributed by atoms with van der Waals surface area (Å²) in [4.78, 5) is 20.8. The zero-order valence-electron chi connectivity index (χ0n) is 16.2. The first-order valence-corrected chi connectivity index (χ1v) is 9.57. The Morgan fingerprint density at radius 2 is 1.48 bits per heavy atom. The molecule has 4 heteroatoms. The minimum absolute atomic E-state index is 0.348. The van der Waals surface area contributed by atoms with E-state index in [2.05, 4.69) is 11.1 Å². The van der Waals surface area contributed by atoms with Gasteiger partial charge in [0.05, 0.1) is 12.8 Å². The minimum Gasteiger partial charge on any atom is -0.467 e. The molecule has 1 N–H and O–H groups in total. The summed E-state index contributed by atoms with van der Waals surface area (Å²) in [6, 6.07) is 27.3. The van der Waals surface area contributed by atoms with Crippen LogP contribution in [-0.4, -0.2) is 29.8 Å². The van der Waals surface area contributed by atoms with Crippen molar-refractivity contribution in [2.24, 2.45) is 4.99 Å². The summed E-state index contributed by atoms with van der Waals surface area (Å²) in [5.41, 5.74) is 4.79. The summed E-state index contributed by atoms with van der Waals surface area (Å²) in [5, 5.41) is 1.09. The second kappa shape index (κ2) is 8.57. The molecule has 1 atom stereocenters. The predicted molar refractivity (Wildman–Crippen MR) is 116 cm³/mol. The minimum atomic E-state index is -0.644. The number of ether oxygens (including phenoxy) is 1. The highest BCUT2D eigenvalue weighted by Crippen LogP contribution is 2.21. The third-order valence-electron chi connectivity index (χ3n) is 4.94. The first kappa shape index (κ1) is 18.7. The van der Waals surface area contributed by atoms with Gasteiger partial charge in [-0.15, -0.1) is 0 Å². The van der Waals surface area contributed by atoms with Gasteiger partial charge in [0.25, 0.3) is 0 Å². The van der Waals surface area contributed by atoms with Crippen molar-refractivity contribution in [3.63, 3.8) is 0 Å². The van der Waals surface area contributed by atoms with Crippen LogP contribution in [0.25, 0.3) is 10.9 Å². The summed E-state index contributed by atoms with van der Waals surface area (Å²) in [6.45, 7) is 0. The first-order chi connectivity index (χ1) is 14.3. The number of hydrogen-bond donors (Lipinski definition) is 1. The molecule has 0 saturated heterocycles. The van der Waals surface area contributed by atoms with Crippen LogP contribution in [0.3, 0.4) is 0 Å². The average Bonchev–Trinajstić information content (AvgIpc) is 3.20. The quantitative estimate of drug-likeness (QED) is 0.385. The molecule has 1 aromatic heterocycles. The monoisotopic (exact) mass is 382 g/mol. The van der Waals surface area contributed by atoms with E-state index >= 15 is 0 Å². The second-order valence-electron chi connectivity index (χ2n) is 6.81. The number of fused-ring (bicyclic) bond motifs is 1. The Morgan fingerprint density at radius 1 is 0.897 bits per heavy atom. The molecule has 0 saturated carbocycles. The van der Waals surface area contributed by atoms with Gasteiger partial charge in [0.2, 0.25) is 0 Å². The summed E-state index contributed by atoms with van der Waals surface area (Å²) in [6.07, 6.45) is 2.40. The number of rotatable bonds is 6. The van der Waals surface area contributed by atoms with Crippen LogP contribution in [0.4, 0.5) is 0 Å². The van der Waals surface area contributed by atoms with Crippen LogP contribution in [0.5, 0.6) is 0 Å². The highest BCUT2D eigenvalue weighted by atomic mass is 16.5. The van der Waals surface area contributed by atoms with Crippen LogP contribution in [0.15, 0.2) is 96.1 Å². The average molecular weight is 382 g/mol. The highest BCUT2D eigenvalue weighted by Gasteiger charge is 2.22. The van der Waals surface area contributed by atoms with Gasteiger partial charge in [-0.1, -0.05) is 78.9 Å². The largest absolute Gasteiger partial charge is 0.467 e. The van der Waals surface area contributed by atoms with Crippen LogP contribution >= 0.6 is 0 Å². The number of carbonyl (C=O) groups is 1. The number of aromatic amines is 1. The number of aliphatic imine (C=N–C) groups is 1. The fraction of sp³-hybridized carbons (Fsp3) is 0.120.